The first-order valence-corrected chi connectivity index (χ1v) is 9.19. The fourth-order valence-electron chi connectivity index (χ4n) is 2.10. The van der Waals surface area contributed by atoms with Gasteiger partial charge in [-0.2, -0.15) is 17.2 Å². The van der Waals surface area contributed by atoms with Crippen LogP contribution in [0.1, 0.15) is 5.56 Å². The van der Waals surface area contributed by atoms with Crippen LogP contribution in [0.3, 0.4) is 0 Å². The Labute approximate surface area is 157 Å². The van der Waals surface area contributed by atoms with Crippen molar-refractivity contribution >= 4 is 33.3 Å². The number of rotatable bonds is 6. The van der Waals surface area contributed by atoms with E-state index in [1.807, 2.05) is 0 Å². The number of nitrogens with zero attached hydrogens (tertiary/aromatic N) is 4. The Bertz CT molecular complexity index is 1060. The molecule has 12 heteroatoms. The second kappa shape index (κ2) is 7.45. The van der Waals surface area contributed by atoms with Gasteiger partial charge in [0.05, 0.1) is 17.3 Å². The first-order valence-electron chi connectivity index (χ1n) is 7.37. The average Bonchev–Trinajstić information content (AvgIpc) is 2.97. The molecule has 3 rings (SSSR count). The van der Waals surface area contributed by atoms with Gasteiger partial charge in [0.2, 0.25) is 5.88 Å². The first kappa shape index (κ1) is 19.0. The van der Waals surface area contributed by atoms with E-state index in [0.29, 0.717) is 4.09 Å². The molecule has 0 aliphatic heterocycles. The number of hydrogen-bond acceptors (Lipinski definition) is 7. The molecule has 0 bridgehead atoms. The predicted octanol–water partition coefficient (Wildman–Crippen LogP) is 3.22. The Morgan fingerprint density at radius 2 is 1.89 bits per heavy atom. The van der Waals surface area contributed by atoms with Gasteiger partial charge in [-0.3, -0.25) is 4.98 Å². The number of alkyl halides is 2. The van der Waals surface area contributed by atoms with E-state index in [2.05, 4.69) is 25.1 Å². The Kier molecular flexibility index (Phi) is 5.24. The molecule has 142 valence electrons. The number of nitrogens with one attached hydrogen (secondary N) is 1. The van der Waals surface area contributed by atoms with Crippen LogP contribution in [0.25, 0.3) is 0 Å². The van der Waals surface area contributed by atoms with Crippen LogP contribution in [0.2, 0.25) is 5.15 Å². The fraction of sp³-hybridized carbons (Fsp3) is 0.133. The molecule has 27 heavy (non-hydrogen) atoms. The summed E-state index contributed by atoms with van der Waals surface area (Å²) in [5.41, 5.74) is 0.834. The number of aryl methyl sites for hydroxylation is 1. The molecule has 1 aromatic carbocycles. The van der Waals surface area contributed by atoms with Crippen LogP contribution < -0.4 is 10.1 Å². The summed E-state index contributed by atoms with van der Waals surface area (Å²) in [5, 5.41) is 6.52. The summed E-state index contributed by atoms with van der Waals surface area (Å²) in [7, 11) is -4.27. The Morgan fingerprint density at radius 3 is 2.52 bits per heavy atom. The molecule has 2 heterocycles. The quantitative estimate of drug-likeness (QED) is 0.659. The van der Waals surface area contributed by atoms with E-state index in [9.17, 15) is 17.2 Å². The van der Waals surface area contributed by atoms with Crippen molar-refractivity contribution in [1.29, 1.82) is 0 Å². The number of halogens is 3. The molecule has 0 aliphatic carbocycles. The second-order valence-electron chi connectivity index (χ2n) is 5.26. The molecule has 0 saturated heterocycles. The number of ether oxygens (including phenoxy) is 1. The summed E-state index contributed by atoms with van der Waals surface area (Å²) in [6, 6.07) is 6.83. The molecule has 0 atom stereocenters. The Hall–Kier alpha value is -2.79. The zero-order chi connectivity index (χ0) is 19.6. The van der Waals surface area contributed by atoms with Gasteiger partial charge in [-0.15, -0.1) is 9.19 Å². The normalized spacial score (nSPS) is 11.6. The zero-order valence-electron chi connectivity index (χ0n) is 13.7. The fourth-order valence-corrected chi connectivity index (χ4v) is 3.45. The topological polar surface area (TPSA) is 99.0 Å². The number of aromatic nitrogens is 4. The minimum Gasteiger partial charge on any atom is -0.416 e. The largest absolute Gasteiger partial charge is 0.416 e. The molecule has 0 unspecified atom stereocenters. The summed E-state index contributed by atoms with van der Waals surface area (Å²) in [6.07, 6.45) is 2.59. The Balaban J connectivity index is 2.02. The van der Waals surface area contributed by atoms with Crippen molar-refractivity contribution in [2.75, 3.05) is 5.32 Å². The van der Waals surface area contributed by atoms with Gasteiger partial charge >= 0.3 is 6.61 Å². The van der Waals surface area contributed by atoms with Crippen LogP contribution >= 0.6 is 11.6 Å². The van der Waals surface area contributed by atoms with Crippen molar-refractivity contribution in [1.82, 2.24) is 19.2 Å². The number of anilines is 2. The van der Waals surface area contributed by atoms with Crippen molar-refractivity contribution < 1.29 is 21.9 Å². The van der Waals surface area contributed by atoms with Crippen molar-refractivity contribution in [2.45, 2.75) is 18.4 Å². The van der Waals surface area contributed by atoms with Crippen LogP contribution in [0, 0.1) is 6.92 Å². The maximum absolute atomic E-state index is 12.8. The molecular formula is C15H12ClF2N5O3S. The third-order valence-electron chi connectivity index (χ3n) is 3.26. The van der Waals surface area contributed by atoms with Crippen molar-refractivity contribution in [3.8, 4) is 5.88 Å². The van der Waals surface area contributed by atoms with Gasteiger partial charge in [0.25, 0.3) is 10.0 Å². The molecule has 0 saturated carbocycles. The second-order valence-corrected chi connectivity index (χ2v) is 7.41. The van der Waals surface area contributed by atoms with Crippen molar-refractivity contribution in [3.63, 3.8) is 0 Å². The van der Waals surface area contributed by atoms with E-state index in [-0.39, 0.29) is 21.7 Å². The first-order chi connectivity index (χ1) is 12.8. The SMILES string of the molecule is Cc1ccc(S(=O)(=O)n2nc(Nc3cncc(Cl)n3)cc2OC(F)F)cc1. The predicted molar refractivity (Wildman–Crippen MR) is 92.9 cm³/mol. The summed E-state index contributed by atoms with van der Waals surface area (Å²) in [5.74, 6) is -0.621. The third kappa shape index (κ3) is 4.31. The maximum atomic E-state index is 12.8. The highest BCUT2D eigenvalue weighted by molar-refractivity contribution is 7.90. The molecule has 0 fully saturated rings. The van der Waals surface area contributed by atoms with Gasteiger partial charge in [0.1, 0.15) is 5.15 Å². The summed E-state index contributed by atoms with van der Waals surface area (Å²) >= 11 is 5.72. The number of hydrogen-bond donors (Lipinski definition) is 1. The lowest BCUT2D eigenvalue weighted by molar-refractivity contribution is -0.0537. The van der Waals surface area contributed by atoms with E-state index >= 15 is 0 Å². The summed E-state index contributed by atoms with van der Waals surface area (Å²) in [6.45, 7) is -1.46. The highest BCUT2D eigenvalue weighted by Crippen LogP contribution is 2.26. The van der Waals surface area contributed by atoms with Gasteiger partial charge in [0.15, 0.2) is 11.6 Å². The molecule has 0 aliphatic rings. The lowest BCUT2D eigenvalue weighted by Gasteiger charge is -2.09. The molecule has 3 aromatic rings. The maximum Gasteiger partial charge on any atom is 0.388 e. The molecule has 2 aromatic heterocycles. The molecular weight excluding hydrogens is 404 g/mol. The van der Waals surface area contributed by atoms with Gasteiger partial charge in [-0.25, -0.2) is 4.98 Å². The van der Waals surface area contributed by atoms with Crippen LogP contribution in [0.4, 0.5) is 20.4 Å². The van der Waals surface area contributed by atoms with E-state index in [1.165, 1.54) is 24.5 Å². The van der Waals surface area contributed by atoms with E-state index in [0.717, 1.165) is 11.6 Å². The minimum atomic E-state index is -4.27. The zero-order valence-corrected chi connectivity index (χ0v) is 15.2. The van der Waals surface area contributed by atoms with Gasteiger partial charge in [-0.05, 0) is 19.1 Å². The van der Waals surface area contributed by atoms with Crippen molar-refractivity contribution in [2.24, 2.45) is 0 Å². The smallest absolute Gasteiger partial charge is 0.388 e. The third-order valence-corrected chi connectivity index (χ3v) is 5.03. The summed E-state index contributed by atoms with van der Waals surface area (Å²) in [4.78, 5) is 7.57. The van der Waals surface area contributed by atoms with Crippen LogP contribution in [-0.2, 0) is 10.0 Å². The minimum absolute atomic E-state index is 0.0794. The molecule has 1 N–H and O–H groups in total. The molecule has 0 amide bonds. The average molecular weight is 416 g/mol. The highest BCUT2D eigenvalue weighted by atomic mass is 35.5. The van der Waals surface area contributed by atoms with Gasteiger partial charge < -0.3 is 10.1 Å². The highest BCUT2D eigenvalue weighted by Gasteiger charge is 2.25. The lowest BCUT2D eigenvalue weighted by atomic mass is 10.2. The standard InChI is InChI=1S/C15H12ClF2N5O3S/c1-9-2-4-10(5-3-9)27(24,25)23-14(26-15(17)18)6-12(22-23)21-13-8-19-7-11(16)20-13/h2-8,15H,1H3,(H,20,21,22). The Morgan fingerprint density at radius 1 is 1.19 bits per heavy atom. The molecule has 0 spiro atoms. The van der Waals surface area contributed by atoms with Crippen molar-refractivity contribution in [3.05, 3.63) is 53.4 Å². The van der Waals surface area contributed by atoms with Gasteiger partial charge in [0, 0.05) is 6.07 Å². The van der Waals surface area contributed by atoms with Crippen LogP contribution in [-0.4, -0.2) is 34.2 Å². The molecule has 0 radical (unpaired) electrons. The van der Waals surface area contributed by atoms with Gasteiger partial charge in [-0.1, -0.05) is 29.3 Å². The van der Waals surface area contributed by atoms with Crippen LogP contribution in [0.5, 0.6) is 5.88 Å². The summed E-state index contributed by atoms with van der Waals surface area (Å²) < 4.78 is 55.6. The van der Waals surface area contributed by atoms with Crippen LogP contribution in [0.15, 0.2) is 47.6 Å². The van der Waals surface area contributed by atoms with E-state index in [1.54, 1.807) is 19.1 Å². The monoisotopic (exact) mass is 415 g/mol. The van der Waals surface area contributed by atoms with E-state index < -0.39 is 22.5 Å². The lowest BCUT2D eigenvalue weighted by Crippen LogP contribution is -2.18. The van der Waals surface area contributed by atoms with E-state index in [4.69, 9.17) is 11.6 Å². The number of benzene rings is 1. The molecule has 8 nitrogen and oxygen atoms in total.